The van der Waals surface area contributed by atoms with Crippen LogP contribution in [0.1, 0.15) is 42.6 Å². The average Bonchev–Trinajstić information content (AvgIpc) is 3.06. The molecule has 0 bridgehead atoms. The Morgan fingerprint density at radius 3 is 2.68 bits per heavy atom. The Balaban J connectivity index is 1.91. The summed E-state index contributed by atoms with van der Waals surface area (Å²) in [5, 5.41) is 3.62. The summed E-state index contributed by atoms with van der Waals surface area (Å²) in [5.41, 5.74) is 0. The maximum absolute atomic E-state index is 12.2. The Morgan fingerprint density at radius 1 is 1.47 bits per heavy atom. The van der Waals surface area contributed by atoms with Crippen molar-refractivity contribution in [3.8, 4) is 0 Å². The van der Waals surface area contributed by atoms with Crippen LogP contribution >= 0.6 is 11.3 Å². The van der Waals surface area contributed by atoms with Crippen molar-refractivity contribution in [3.05, 3.63) is 16.1 Å². The zero-order chi connectivity index (χ0) is 14.0. The molecule has 108 valence electrons. The Hall–Kier alpha value is -0.500. The molecule has 2 rings (SSSR count). The van der Waals surface area contributed by atoms with Gasteiger partial charge < -0.3 is 5.32 Å². The van der Waals surface area contributed by atoms with Crippen molar-refractivity contribution in [2.75, 3.05) is 6.54 Å². The first-order chi connectivity index (χ1) is 8.88. The lowest BCUT2D eigenvalue weighted by Gasteiger charge is -2.17. The van der Waals surface area contributed by atoms with Crippen LogP contribution in [0, 0.1) is 6.92 Å². The number of sulfonamides is 1. The zero-order valence-electron chi connectivity index (χ0n) is 11.5. The standard InChI is InChI=1S/C12H21N3O2S2/c1-8-6-14-12(18-8)10(3)15-19(16,17)9(2)7-13-11-4-5-11/h6,9-11,13,15H,4-5,7H2,1-3H3. The summed E-state index contributed by atoms with van der Waals surface area (Å²) < 4.78 is 27.1. The van der Waals surface area contributed by atoms with Gasteiger partial charge in [-0.2, -0.15) is 0 Å². The molecule has 1 aromatic heterocycles. The molecule has 1 saturated carbocycles. The summed E-state index contributed by atoms with van der Waals surface area (Å²) >= 11 is 1.52. The SMILES string of the molecule is Cc1cnc(C(C)NS(=O)(=O)C(C)CNC2CC2)s1. The second-order valence-corrected chi connectivity index (χ2v) is 8.58. The lowest BCUT2D eigenvalue weighted by molar-refractivity contribution is 0.544. The largest absolute Gasteiger partial charge is 0.313 e. The maximum Gasteiger partial charge on any atom is 0.216 e. The third-order valence-corrected chi connectivity index (χ3v) is 6.16. The van der Waals surface area contributed by atoms with Gasteiger partial charge in [-0.1, -0.05) is 0 Å². The molecule has 0 aliphatic heterocycles. The number of hydrogen-bond acceptors (Lipinski definition) is 5. The molecule has 1 aliphatic rings. The van der Waals surface area contributed by atoms with Crippen molar-refractivity contribution in [3.63, 3.8) is 0 Å². The molecule has 2 N–H and O–H groups in total. The van der Waals surface area contributed by atoms with Gasteiger partial charge in [0, 0.05) is 23.7 Å². The van der Waals surface area contributed by atoms with Gasteiger partial charge in [0.25, 0.3) is 0 Å². The van der Waals surface area contributed by atoms with Crippen LogP contribution < -0.4 is 10.0 Å². The quantitative estimate of drug-likeness (QED) is 0.802. The van der Waals surface area contributed by atoms with Crippen molar-refractivity contribution < 1.29 is 8.42 Å². The Kier molecular flexibility index (Phi) is 4.60. The summed E-state index contributed by atoms with van der Waals surface area (Å²) in [6.45, 7) is 6.03. The van der Waals surface area contributed by atoms with Crippen LogP contribution in [0.25, 0.3) is 0 Å². The van der Waals surface area contributed by atoms with Gasteiger partial charge in [-0.05, 0) is 33.6 Å². The predicted molar refractivity (Wildman–Crippen MR) is 77.8 cm³/mol. The minimum absolute atomic E-state index is 0.271. The molecule has 0 amide bonds. The summed E-state index contributed by atoms with van der Waals surface area (Å²) in [5.74, 6) is 0. The van der Waals surface area contributed by atoms with Crippen molar-refractivity contribution >= 4 is 21.4 Å². The van der Waals surface area contributed by atoms with Gasteiger partial charge in [-0.25, -0.2) is 18.1 Å². The molecular weight excluding hydrogens is 282 g/mol. The molecule has 19 heavy (non-hydrogen) atoms. The van der Waals surface area contributed by atoms with Crippen molar-refractivity contribution in [2.24, 2.45) is 0 Å². The average molecular weight is 303 g/mol. The number of thiazole rings is 1. The van der Waals surface area contributed by atoms with E-state index in [4.69, 9.17) is 0 Å². The van der Waals surface area contributed by atoms with E-state index in [2.05, 4.69) is 15.0 Å². The third kappa shape index (κ3) is 4.24. The molecule has 2 atom stereocenters. The smallest absolute Gasteiger partial charge is 0.216 e. The zero-order valence-corrected chi connectivity index (χ0v) is 13.1. The first-order valence-electron chi connectivity index (χ1n) is 6.55. The molecule has 1 aliphatic carbocycles. The first-order valence-corrected chi connectivity index (χ1v) is 8.91. The minimum atomic E-state index is -3.31. The van der Waals surface area contributed by atoms with Crippen molar-refractivity contribution in [2.45, 2.75) is 50.9 Å². The summed E-state index contributed by atoms with van der Waals surface area (Å²) in [4.78, 5) is 5.31. The molecular formula is C12H21N3O2S2. The van der Waals surface area contributed by atoms with E-state index in [0.29, 0.717) is 12.6 Å². The van der Waals surface area contributed by atoms with Crippen LogP contribution in [0.5, 0.6) is 0 Å². The highest BCUT2D eigenvalue weighted by Crippen LogP contribution is 2.21. The molecule has 1 fully saturated rings. The van der Waals surface area contributed by atoms with Crippen LogP contribution in [0.4, 0.5) is 0 Å². The van der Waals surface area contributed by atoms with Crippen molar-refractivity contribution in [1.82, 2.24) is 15.0 Å². The normalized spacial score (nSPS) is 19.3. The minimum Gasteiger partial charge on any atom is -0.313 e. The summed E-state index contributed by atoms with van der Waals surface area (Å²) in [7, 11) is -3.31. The monoisotopic (exact) mass is 303 g/mol. The molecule has 0 radical (unpaired) electrons. The lowest BCUT2D eigenvalue weighted by Crippen LogP contribution is -2.40. The summed E-state index contributed by atoms with van der Waals surface area (Å²) in [6, 6.07) is 0.253. The van der Waals surface area contributed by atoms with Gasteiger partial charge in [-0.15, -0.1) is 11.3 Å². The molecule has 2 unspecified atom stereocenters. The van der Waals surface area contributed by atoms with E-state index >= 15 is 0 Å². The van der Waals surface area contributed by atoms with Crippen LogP contribution in [0.15, 0.2) is 6.20 Å². The van der Waals surface area contributed by atoms with Gasteiger partial charge in [0.15, 0.2) is 0 Å². The highest BCUT2D eigenvalue weighted by molar-refractivity contribution is 7.90. The molecule has 0 spiro atoms. The van der Waals surface area contributed by atoms with Gasteiger partial charge >= 0.3 is 0 Å². The number of rotatable bonds is 7. The predicted octanol–water partition coefficient (Wildman–Crippen LogP) is 1.57. The van der Waals surface area contributed by atoms with Gasteiger partial charge in [-0.3, -0.25) is 0 Å². The van der Waals surface area contributed by atoms with E-state index in [0.717, 1.165) is 22.7 Å². The van der Waals surface area contributed by atoms with E-state index in [9.17, 15) is 8.42 Å². The fraction of sp³-hybridized carbons (Fsp3) is 0.750. The molecule has 7 heteroatoms. The number of nitrogens with one attached hydrogen (secondary N) is 2. The molecule has 1 aromatic rings. The highest BCUT2D eigenvalue weighted by Gasteiger charge is 2.27. The second-order valence-electron chi connectivity index (χ2n) is 5.19. The molecule has 0 saturated heterocycles. The lowest BCUT2D eigenvalue weighted by atomic mass is 10.4. The topological polar surface area (TPSA) is 71.1 Å². The maximum atomic E-state index is 12.2. The van der Waals surface area contributed by atoms with Crippen molar-refractivity contribution in [1.29, 1.82) is 0 Å². The molecule has 1 heterocycles. The number of nitrogens with zero attached hydrogens (tertiary/aromatic N) is 1. The van der Waals surface area contributed by atoms with E-state index in [1.165, 1.54) is 11.3 Å². The highest BCUT2D eigenvalue weighted by atomic mass is 32.2. The van der Waals surface area contributed by atoms with Gasteiger partial charge in [0.05, 0.1) is 11.3 Å². The molecule has 0 aromatic carbocycles. The van der Waals surface area contributed by atoms with E-state index in [1.54, 1.807) is 13.1 Å². The van der Waals surface area contributed by atoms with Gasteiger partial charge in [0.2, 0.25) is 10.0 Å². The first kappa shape index (κ1) is 14.9. The van der Waals surface area contributed by atoms with Crippen LogP contribution in [0.3, 0.4) is 0 Å². The van der Waals surface area contributed by atoms with Crippen LogP contribution in [0.2, 0.25) is 0 Å². The summed E-state index contributed by atoms with van der Waals surface area (Å²) in [6.07, 6.45) is 4.09. The second kappa shape index (κ2) is 5.87. The van der Waals surface area contributed by atoms with E-state index in [1.807, 2.05) is 13.8 Å². The van der Waals surface area contributed by atoms with Gasteiger partial charge in [0.1, 0.15) is 5.01 Å². The Morgan fingerprint density at radius 2 is 2.16 bits per heavy atom. The van der Waals surface area contributed by atoms with E-state index in [-0.39, 0.29) is 6.04 Å². The number of aryl methyl sites for hydroxylation is 1. The molecule has 5 nitrogen and oxygen atoms in total. The van der Waals surface area contributed by atoms with Crippen LogP contribution in [-0.4, -0.2) is 31.2 Å². The fourth-order valence-corrected chi connectivity index (χ4v) is 3.72. The Bertz CT molecular complexity index is 523. The van der Waals surface area contributed by atoms with Crippen LogP contribution in [-0.2, 0) is 10.0 Å². The fourth-order valence-electron chi connectivity index (χ4n) is 1.72. The van der Waals surface area contributed by atoms with E-state index < -0.39 is 15.3 Å². The number of aromatic nitrogens is 1. The number of hydrogen-bond donors (Lipinski definition) is 2. The third-order valence-electron chi connectivity index (χ3n) is 3.15. The Labute approximate surface area is 118 Å².